The highest BCUT2D eigenvalue weighted by molar-refractivity contribution is 7.90. The van der Waals surface area contributed by atoms with Gasteiger partial charge in [0.2, 0.25) is 0 Å². The minimum absolute atomic E-state index is 0.0251. The Hall–Kier alpha value is -3.11. The Morgan fingerprint density at radius 2 is 1.74 bits per heavy atom. The smallest absolute Gasteiger partial charge is 0.256 e. The van der Waals surface area contributed by atoms with E-state index in [-0.39, 0.29) is 34.4 Å². The standard InChI is InChI=1S/C21H18F2N2O5S/c1-25(21(27)11-3-5-12(6-4-11)31(2,28)29)18-10-30-9-17-19(18)13-7-15(22)16(23)8-14(13)20(26)24-17/h3-8,18H,9-10H2,1-2H3,(H,24,26)/t18-/m1/s1. The van der Waals surface area contributed by atoms with Gasteiger partial charge in [0.15, 0.2) is 21.5 Å². The van der Waals surface area contributed by atoms with Gasteiger partial charge in [0.1, 0.15) is 0 Å². The molecule has 1 atom stereocenters. The summed E-state index contributed by atoms with van der Waals surface area (Å²) < 4.78 is 56.5. The van der Waals surface area contributed by atoms with Gasteiger partial charge in [0.05, 0.1) is 29.5 Å². The number of carbonyl (C=O) groups is 1. The van der Waals surface area contributed by atoms with Gasteiger partial charge >= 0.3 is 0 Å². The number of likely N-dealkylation sites (N-methyl/N-ethyl adjacent to an activating group) is 1. The molecule has 2 heterocycles. The summed E-state index contributed by atoms with van der Waals surface area (Å²) in [6.45, 7) is 0.137. The van der Waals surface area contributed by atoms with Gasteiger partial charge in [0, 0.05) is 30.1 Å². The number of sulfone groups is 1. The Balaban J connectivity index is 1.78. The van der Waals surface area contributed by atoms with Gasteiger partial charge in [-0.15, -0.1) is 0 Å². The molecule has 0 aliphatic carbocycles. The number of ether oxygens (including phenoxy) is 1. The van der Waals surface area contributed by atoms with E-state index in [4.69, 9.17) is 4.74 Å². The van der Waals surface area contributed by atoms with E-state index >= 15 is 0 Å². The average Bonchev–Trinajstić information content (AvgIpc) is 2.73. The minimum atomic E-state index is -3.41. The molecule has 0 unspecified atom stereocenters. The molecule has 0 saturated heterocycles. The molecule has 1 aliphatic rings. The van der Waals surface area contributed by atoms with Crippen molar-refractivity contribution in [3.05, 3.63) is 75.2 Å². The van der Waals surface area contributed by atoms with E-state index < -0.39 is 39.0 Å². The van der Waals surface area contributed by atoms with Crippen molar-refractivity contribution >= 4 is 26.5 Å². The third-order valence-corrected chi connectivity index (χ3v) is 6.49. The first-order chi connectivity index (χ1) is 14.6. The Kier molecular flexibility index (Phi) is 5.14. The number of fused-ring (bicyclic) bond motifs is 3. The quantitative estimate of drug-likeness (QED) is 0.664. The van der Waals surface area contributed by atoms with Gasteiger partial charge in [-0.05, 0) is 41.8 Å². The lowest BCUT2D eigenvalue weighted by Crippen LogP contribution is -2.37. The normalized spacial score (nSPS) is 16.2. The van der Waals surface area contributed by atoms with Crippen LogP contribution in [0.4, 0.5) is 8.78 Å². The molecule has 1 N–H and O–H groups in total. The van der Waals surface area contributed by atoms with Crippen molar-refractivity contribution in [2.45, 2.75) is 17.5 Å². The van der Waals surface area contributed by atoms with Crippen LogP contribution in [0.3, 0.4) is 0 Å². The molecule has 7 nitrogen and oxygen atoms in total. The molecule has 1 amide bonds. The lowest BCUT2D eigenvalue weighted by Gasteiger charge is -2.34. The maximum atomic E-state index is 14.0. The topological polar surface area (TPSA) is 96.5 Å². The number of H-pyrrole nitrogens is 1. The number of aromatic nitrogens is 1. The summed E-state index contributed by atoms with van der Waals surface area (Å²) in [5, 5.41) is 0.181. The first kappa shape index (κ1) is 21.1. The van der Waals surface area contributed by atoms with Crippen LogP contribution in [0.2, 0.25) is 0 Å². The summed E-state index contributed by atoms with van der Waals surface area (Å²) >= 11 is 0. The molecule has 10 heteroatoms. The number of pyridine rings is 1. The lowest BCUT2D eigenvalue weighted by molar-refractivity contribution is 0.0335. The van der Waals surface area contributed by atoms with E-state index in [1.54, 1.807) is 0 Å². The van der Waals surface area contributed by atoms with Crippen LogP contribution < -0.4 is 5.56 Å². The zero-order valence-electron chi connectivity index (χ0n) is 16.6. The number of carbonyl (C=O) groups excluding carboxylic acids is 1. The first-order valence-electron chi connectivity index (χ1n) is 9.26. The van der Waals surface area contributed by atoms with E-state index in [1.807, 2.05) is 0 Å². The highest BCUT2D eigenvalue weighted by Gasteiger charge is 2.31. The van der Waals surface area contributed by atoms with E-state index in [1.165, 1.54) is 36.2 Å². The van der Waals surface area contributed by atoms with Crippen molar-refractivity contribution in [1.29, 1.82) is 0 Å². The average molecular weight is 448 g/mol. The molecule has 2 aromatic carbocycles. The summed E-state index contributed by atoms with van der Waals surface area (Å²) in [5.74, 6) is -2.67. The fourth-order valence-corrected chi connectivity index (χ4v) is 4.37. The van der Waals surface area contributed by atoms with Crippen LogP contribution in [0.15, 0.2) is 46.1 Å². The van der Waals surface area contributed by atoms with Crippen LogP contribution in [0.1, 0.15) is 27.7 Å². The van der Waals surface area contributed by atoms with Crippen molar-refractivity contribution < 1.29 is 26.7 Å². The fraction of sp³-hybridized carbons (Fsp3) is 0.238. The number of hydrogen-bond acceptors (Lipinski definition) is 5. The number of aromatic amines is 1. The van der Waals surface area contributed by atoms with Crippen molar-refractivity contribution in [2.24, 2.45) is 0 Å². The van der Waals surface area contributed by atoms with E-state index in [0.717, 1.165) is 18.4 Å². The Labute approximate surface area is 176 Å². The fourth-order valence-electron chi connectivity index (χ4n) is 3.74. The lowest BCUT2D eigenvalue weighted by atomic mass is 9.95. The van der Waals surface area contributed by atoms with Crippen molar-refractivity contribution in [2.75, 3.05) is 19.9 Å². The number of rotatable bonds is 3. The first-order valence-corrected chi connectivity index (χ1v) is 11.2. The predicted octanol–water partition coefficient (Wildman–Crippen LogP) is 2.55. The number of nitrogens with zero attached hydrogens (tertiary/aromatic N) is 1. The van der Waals surface area contributed by atoms with Crippen molar-refractivity contribution in [1.82, 2.24) is 9.88 Å². The molecular weight excluding hydrogens is 430 g/mol. The largest absolute Gasteiger partial charge is 0.373 e. The molecule has 4 rings (SSSR count). The predicted molar refractivity (Wildman–Crippen MR) is 109 cm³/mol. The Morgan fingerprint density at radius 1 is 1.13 bits per heavy atom. The van der Waals surface area contributed by atoms with Crippen LogP contribution in [0, 0.1) is 11.6 Å². The van der Waals surface area contributed by atoms with Crippen molar-refractivity contribution in [3.8, 4) is 0 Å². The zero-order valence-corrected chi connectivity index (χ0v) is 17.4. The maximum Gasteiger partial charge on any atom is 0.256 e. The van der Waals surface area contributed by atoms with E-state index in [9.17, 15) is 26.8 Å². The summed E-state index contributed by atoms with van der Waals surface area (Å²) in [7, 11) is -1.89. The second kappa shape index (κ2) is 7.54. The van der Waals surface area contributed by atoms with Crippen LogP contribution in [0.5, 0.6) is 0 Å². The number of nitrogens with one attached hydrogen (secondary N) is 1. The molecule has 3 aromatic rings. The second-order valence-corrected chi connectivity index (χ2v) is 9.42. The van der Waals surface area contributed by atoms with Gasteiger partial charge in [0.25, 0.3) is 11.5 Å². The third-order valence-electron chi connectivity index (χ3n) is 5.36. The monoisotopic (exact) mass is 448 g/mol. The van der Waals surface area contributed by atoms with Gasteiger partial charge < -0.3 is 14.6 Å². The Morgan fingerprint density at radius 3 is 2.35 bits per heavy atom. The van der Waals surface area contributed by atoms with Crippen molar-refractivity contribution in [3.63, 3.8) is 0 Å². The van der Waals surface area contributed by atoms with Crippen LogP contribution in [-0.4, -0.2) is 44.1 Å². The summed E-state index contributed by atoms with van der Waals surface area (Å²) in [6.07, 6.45) is 1.07. The zero-order chi connectivity index (χ0) is 22.5. The van der Waals surface area contributed by atoms with Crippen LogP contribution >= 0.6 is 0 Å². The molecule has 0 saturated carbocycles. The molecule has 1 aromatic heterocycles. The summed E-state index contributed by atoms with van der Waals surface area (Å²) in [5.41, 5.74) is 0.519. The molecule has 0 radical (unpaired) electrons. The molecule has 31 heavy (non-hydrogen) atoms. The van der Waals surface area contributed by atoms with Crippen LogP contribution in [0.25, 0.3) is 10.8 Å². The van der Waals surface area contributed by atoms with E-state index in [2.05, 4.69) is 4.98 Å². The molecule has 0 spiro atoms. The van der Waals surface area contributed by atoms with Gasteiger partial charge in [-0.3, -0.25) is 9.59 Å². The van der Waals surface area contributed by atoms with E-state index in [0.29, 0.717) is 11.3 Å². The second-order valence-electron chi connectivity index (χ2n) is 7.40. The number of benzene rings is 2. The van der Waals surface area contributed by atoms with Gasteiger partial charge in [-0.2, -0.15) is 0 Å². The van der Waals surface area contributed by atoms with Gasteiger partial charge in [-0.1, -0.05) is 0 Å². The summed E-state index contributed by atoms with van der Waals surface area (Å²) in [4.78, 5) is 29.5. The highest BCUT2D eigenvalue weighted by atomic mass is 32.2. The molecule has 1 aliphatic heterocycles. The Bertz CT molecular complexity index is 1370. The van der Waals surface area contributed by atoms with Crippen LogP contribution in [-0.2, 0) is 21.2 Å². The minimum Gasteiger partial charge on any atom is -0.373 e. The molecular formula is C21H18F2N2O5S. The SMILES string of the molecule is CN(C(=O)c1ccc(S(C)(=O)=O)cc1)[C@@H]1COCc2[nH]c(=O)c3cc(F)c(F)cc3c21. The number of hydrogen-bond donors (Lipinski definition) is 1. The molecule has 0 fully saturated rings. The number of amides is 1. The molecule has 162 valence electrons. The third kappa shape index (κ3) is 3.72. The summed E-state index contributed by atoms with van der Waals surface area (Å²) in [6, 6.07) is 6.59. The van der Waals surface area contributed by atoms with Gasteiger partial charge in [-0.25, -0.2) is 17.2 Å². The molecule has 0 bridgehead atoms. The number of halogens is 2. The highest BCUT2D eigenvalue weighted by Crippen LogP contribution is 2.34. The maximum absolute atomic E-state index is 14.0.